The summed E-state index contributed by atoms with van der Waals surface area (Å²) < 4.78 is 2.26. The lowest BCUT2D eigenvalue weighted by atomic mass is 9.75. The average Bonchev–Trinajstić information content (AvgIpc) is 3.36. The summed E-state index contributed by atoms with van der Waals surface area (Å²) in [6, 6.07) is 16.2. The van der Waals surface area contributed by atoms with Gasteiger partial charge in [0, 0.05) is 59.4 Å². The van der Waals surface area contributed by atoms with Gasteiger partial charge in [-0.2, -0.15) is 0 Å². The number of rotatable bonds is 6. The molecule has 0 atom stereocenters. The molecule has 8 heteroatoms. The molecule has 2 aromatic carbocycles. The van der Waals surface area contributed by atoms with Gasteiger partial charge in [0.1, 0.15) is 5.41 Å². The molecule has 3 amide bonds. The Labute approximate surface area is 234 Å². The van der Waals surface area contributed by atoms with E-state index in [9.17, 15) is 9.59 Å². The third-order valence-electron chi connectivity index (χ3n) is 8.59. The van der Waals surface area contributed by atoms with Gasteiger partial charge in [-0.15, -0.1) is 12.3 Å². The van der Waals surface area contributed by atoms with Crippen molar-refractivity contribution in [2.24, 2.45) is 0 Å². The number of unbranched alkanes of at least 4 members (excludes halogenated alkanes) is 1. The molecule has 2 fully saturated rings. The Morgan fingerprint density at radius 3 is 2.69 bits per heavy atom. The van der Waals surface area contributed by atoms with E-state index in [0.29, 0.717) is 31.1 Å². The highest BCUT2D eigenvalue weighted by molar-refractivity contribution is 6.31. The number of hydrogen-bond acceptors (Lipinski definition) is 3. The second-order valence-electron chi connectivity index (χ2n) is 11.2. The summed E-state index contributed by atoms with van der Waals surface area (Å²) in [6.45, 7) is 3.99. The Hall–Kier alpha value is -3.47. The van der Waals surface area contributed by atoms with Gasteiger partial charge < -0.3 is 24.6 Å². The number of terminal acetylenes is 1. The Morgan fingerprint density at radius 2 is 1.92 bits per heavy atom. The van der Waals surface area contributed by atoms with Gasteiger partial charge in [-0.1, -0.05) is 29.8 Å². The molecular formula is C31H34ClN5O2. The second-order valence-corrected chi connectivity index (χ2v) is 11.6. The molecular weight excluding hydrogens is 510 g/mol. The van der Waals surface area contributed by atoms with Crippen LogP contribution in [0.2, 0.25) is 5.02 Å². The number of amides is 3. The number of anilines is 1. The lowest BCUT2D eigenvalue weighted by Gasteiger charge is -2.47. The normalized spacial score (nSPS) is 18.8. The molecule has 3 aliphatic heterocycles. The number of carbonyl (C=O) groups excluding carboxylic acids is 2. The number of nitrogens with zero attached hydrogens (tertiary/aromatic N) is 4. The van der Waals surface area contributed by atoms with Crippen molar-refractivity contribution in [2.45, 2.75) is 50.2 Å². The Kier molecular flexibility index (Phi) is 6.78. The number of aromatic nitrogens is 1. The molecule has 0 unspecified atom stereocenters. The Balaban J connectivity index is 1.24. The summed E-state index contributed by atoms with van der Waals surface area (Å²) in [5, 5.41) is 4.93. The maximum absolute atomic E-state index is 14.1. The van der Waals surface area contributed by atoms with Crippen LogP contribution in [-0.2, 0) is 23.3 Å². The van der Waals surface area contributed by atoms with Crippen molar-refractivity contribution in [1.29, 1.82) is 0 Å². The maximum atomic E-state index is 14.1. The van der Waals surface area contributed by atoms with Gasteiger partial charge in [-0.25, -0.2) is 4.79 Å². The van der Waals surface area contributed by atoms with E-state index in [-0.39, 0.29) is 18.0 Å². The fourth-order valence-corrected chi connectivity index (χ4v) is 6.60. The summed E-state index contributed by atoms with van der Waals surface area (Å²) in [4.78, 5) is 33.1. The largest absolute Gasteiger partial charge is 0.343 e. The first-order valence-electron chi connectivity index (χ1n) is 13.8. The van der Waals surface area contributed by atoms with Crippen molar-refractivity contribution < 1.29 is 9.59 Å². The van der Waals surface area contributed by atoms with E-state index in [1.54, 1.807) is 4.90 Å². The van der Waals surface area contributed by atoms with E-state index < -0.39 is 5.41 Å². The molecule has 39 heavy (non-hydrogen) atoms. The summed E-state index contributed by atoms with van der Waals surface area (Å²) >= 11 is 6.30. The zero-order valence-electron chi connectivity index (χ0n) is 22.3. The monoisotopic (exact) mass is 543 g/mol. The fourth-order valence-electron chi connectivity index (χ4n) is 6.42. The standard InChI is InChI=1S/C31H34ClN5O2/c1-3-4-7-14-36-25(18-22-17-23(32)10-11-27(22)36)19-37-28-9-6-5-8-26(28)31(29(37)38)20-35(21-31)30(39)33-24-12-15-34(2)16-13-24/h1,5-6,8-11,17-18,24H,4,7,12-16,19-21H2,2H3,(H,33,39). The van der Waals surface area contributed by atoms with Crippen LogP contribution in [0, 0.1) is 12.3 Å². The van der Waals surface area contributed by atoms with E-state index in [4.69, 9.17) is 18.0 Å². The molecule has 3 aliphatic rings. The van der Waals surface area contributed by atoms with Crippen molar-refractivity contribution in [3.05, 3.63) is 64.8 Å². The molecule has 1 N–H and O–H groups in total. The molecule has 3 aromatic rings. The van der Waals surface area contributed by atoms with Gasteiger partial charge in [0.15, 0.2) is 0 Å². The summed E-state index contributed by atoms with van der Waals surface area (Å²) in [6.07, 6.45) is 8.98. The first-order chi connectivity index (χ1) is 18.9. The topological polar surface area (TPSA) is 60.8 Å². The number of carbonyl (C=O) groups is 2. The number of piperidine rings is 1. The number of nitrogens with one attached hydrogen (secondary N) is 1. The molecule has 4 heterocycles. The Morgan fingerprint density at radius 1 is 1.15 bits per heavy atom. The second kappa shape index (κ2) is 10.3. The van der Waals surface area contributed by atoms with Crippen molar-refractivity contribution >= 4 is 40.1 Å². The van der Waals surface area contributed by atoms with Crippen LogP contribution in [0.1, 0.15) is 36.9 Å². The van der Waals surface area contributed by atoms with Gasteiger partial charge in [0.25, 0.3) is 0 Å². The lowest BCUT2D eigenvalue weighted by molar-refractivity contribution is -0.127. The number of fused-ring (bicyclic) bond motifs is 3. The number of halogens is 1. The van der Waals surface area contributed by atoms with E-state index in [0.717, 1.165) is 66.7 Å². The van der Waals surface area contributed by atoms with Crippen LogP contribution in [0.25, 0.3) is 10.9 Å². The molecule has 1 spiro atoms. The molecule has 0 aliphatic carbocycles. The molecule has 1 aromatic heterocycles. The van der Waals surface area contributed by atoms with Crippen LogP contribution < -0.4 is 10.2 Å². The minimum absolute atomic E-state index is 0.0607. The molecule has 6 rings (SSSR count). The van der Waals surface area contributed by atoms with Gasteiger partial charge in [0.05, 0.1) is 6.54 Å². The summed E-state index contributed by atoms with van der Waals surface area (Å²) in [7, 11) is 2.11. The molecule has 2 saturated heterocycles. The highest BCUT2D eigenvalue weighted by Crippen LogP contribution is 2.48. The van der Waals surface area contributed by atoms with E-state index in [1.807, 2.05) is 47.4 Å². The van der Waals surface area contributed by atoms with Crippen molar-refractivity contribution in [1.82, 2.24) is 19.7 Å². The van der Waals surface area contributed by atoms with Crippen LogP contribution in [0.4, 0.5) is 10.5 Å². The van der Waals surface area contributed by atoms with E-state index in [2.05, 4.69) is 33.8 Å². The third kappa shape index (κ3) is 4.56. The SMILES string of the molecule is C#CCCCn1c(CN2C(=O)C3(CN(C(=O)NC4CCN(C)CC4)C3)c3ccccc32)cc2cc(Cl)ccc21. The molecule has 0 radical (unpaired) electrons. The van der Waals surface area contributed by atoms with E-state index in [1.165, 1.54) is 0 Å². The summed E-state index contributed by atoms with van der Waals surface area (Å²) in [5.74, 6) is 2.79. The van der Waals surface area contributed by atoms with Gasteiger partial charge in [-0.3, -0.25) is 4.79 Å². The highest BCUT2D eigenvalue weighted by Gasteiger charge is 2.59. The minimum atomic E-state index is -0.690. The first kappa shape index (κ1) is 25.8. The third-order valence-corrected chi connectivity index (χ3v) is 8.83. The number of urea groups is 1. The molecule has 0 bridgehead atoms. The molecule has 202 valence electrons. The quantitative estimate of drug-likeness (QED) is 0.365. The smallest absolute Gasteiger partial charge is 0.317 e. The number of likely N-dealkylation sites (tertiary alicyclic amines) is 2. The van der Waals surface area contributed by atoms with Crippen LogP contribution >= 0.6 is 11.6 Å². The highest BCUT2D eigenvalue weighted by atomic mass is 35.5. The van der Waals surface area contributed by atoms with Crippen LogP contribution in [0.15, 0.2) is 48.5 Å². The van der Waals surface area contributed by atoms with Crippen molar-refractivity contribution in [3.8, 4) is 12.3 Å². The minimum Gasteiger partial charge on any atom is -0.343 e. The van der Waals surface area contributed by atoms with Gasteiger partial charge in [-0.05, 0) is 75.3 Å². The number of para-hydroxylation sites is 1. The van der Waals surface area contributed by atoms with Crippen LogP contribution in [0.3, 0.4) is 0 Å². The van der Waals surface area contributed by atoms with Crippen molar-refractivity contribution in [2.75, 3.05) is 38.1 Å². The molecule has 7 nitrogen and oxygen atoms in total. The zero-order valence-corrected chi connectivity index (χ0v) is 23.1. The fraction of sp³-hybridized carbons (Fsp3) is 0.419. The van der Waals surface area contributed by atoms with Gasteiger partial charge in [0.2, 0.25) is 5.91 Å². The molecule has 0 saturated carbocycles. The van der Waals surface area contributed by atoms with Crippen molar-refractivity contribution in [3.63, 3.8) is 0 Å². The average molecular weight is 544 g/mol. The number of aryl methyl sites for hydroxylation is 1. The predicted molar refractivity (Wildman–Crippen MR) is 155 cm³/mol. The number of hydrogen-bond donors (Lipinski definition) is 1. The zero-order chi connectivity index (χ0) is 27.1. The van der Waals surface area contributed by atoms with Crippen LogP contribution in [0.5, 0.6) is 0 Å². The van der Waals surface area contributed by atoms with Crippen LogP contribution in [-0.4, -0.2) is 65.6 Å². The summed E-state index contributed by atoms with van der Waals surface area (Å²) in [5.41, 5.74) is 3.37. The Bertz CT molecular complexity index is 1460. The first-order valence-corrected chi connectivity index (χ1v) is 14.1. The van der Waals surface area contributed by atoms with Gasteiger partial charge >= 0.3 is 6.03 Å². The lowest BCUT2D eigenvalue weighted by Crippen LogP contribution is -2.67. The predicted octanol–water partition coefficient (Wildman–Crippen LogP) is 4.61. The van der Waals surface area contributed by atoms with E-state index >= 15 is 0 Å². The number of benzene rings is 2. The maximum Gasteiger partial charge on any atom is 0.317 e.